The normalized spacial score (nSPS) is 21.0. The number of nitrogens with zero attached hydrogens (tertiary/aromatic N) is 5. The molecule has 0 aromatic carbocycles. The second-order valence-electron chi connectivity index (χ2n) is 5.87. The van der Waals surface area contributed by atoms with Crippen LogP contribution in [0, 0.1) is 6.92 Å². The van der Waals surface area contributed by atoms with Gasteiger partial charge in [0.15, 0.2) is 0 Å². The molecule has 7 nitrogen and oxygen atoms in total. The van der Waals surface area contributed by atoms with E-state index in [1.165, 1.54) is 11.3 Å². The zero-order valence-electron chi connectivity index (χ0n) is 13.1. The summed E-state index contributed by atoms with van der Waals surface area (Å²) in [6, 6.07) is 3.76. The van der Waals surface area contributed by atoms with Gasteiger partial charge in [-0.1, -0.05) is 5.16 Å². The van der Waals surface area contributed by atoms with Gasteiger partial charge in [-0.3, -0.25) is 9.67 Å². The van der Waals surface area contributed by atoms with Crippen molar-refractivity contribution in [3.8, 4) is 11.4 Å². The van der Waals surface area contributed by atoms with Crippen molar-refractivity contribution in [1.29, 1.82) is 0 Å². The van der Waals surface area contributed by atoms with E-state index in [1.807, 2.05) is 30.1 Å². The lowest BCUT2D eigenvalue weighted by molar-refractivity contribution is 0.351. The Kier molecular flexibility index (Phi) is 3.42. The molecule has 0 radical (unpaired) electrons. The van der Waals surface area contributed by atoms with E-state index in [2.05, 4.69) is 32.5 Å². The van der Waals surface area contributed by atoms with E-state index in [0.29, 0.717) is 17.6 Å². The number of nitrogens with one attached hydrogen (secondary N) is 1. The van der Waals surface area contributed by atoms with E-state index in [4.69, 9.17) is 4.52 Å². The smallest absolute Gasteiger partial charge is 0.232 e. The Bertz CT molecular complexity index is 809. The van der Waals surface area contributed by atoms with Gasteiger partial charge in [0, 0.05) is 49.7 Å². The topological polar surface area (TPSA) is 81.7 Å². The summed E-state index contributed by atoms with van der Waals surface area (Å²) in [6.07, 6.45) is 5.40. The zero-order valence-corrected chi connectivity index (χ0v) is 13.1. The van der Waals surface area contributed by atoms with Gasteiger partial charge in [-0.2, -0.15) is 10.1 Å². The molecule has 118 valence electrons. The van der Waals surface area contributed by atoms with Gasteiger partial charge < -0.3 is 9.84 Å². The van der Waals surface area contributed by atoms with Crippen LogP contribution in [0.25, 0.3) is 11.4 Å². The third-order valence-corrected chi connectivity index (χ3v) is 4.58. The van der Waals surface area contributed by atoms with Crippen LogP contribution >= 0.6 is 0 Å². The summed E-state index contributed by atoms with van der Waals surface area (Å²) in [5, 5.41) is 11.9. The number of pyridine rings is 1. The van der Waals surface area contributed by atoms with Crippen molar-refractivity contribution in [1.82, 2.24) is 30.2 Å². The average Bonchev–Trinajstić information content (AvgIpc) is 3.29. The van der Waals surface area contributed by atoms with Gasteiger partial charge in [0.2, 0.25) is 11.7 Å². The fourth-order valence-corrected chi connectivity index (χ4v) is 3.15. The zero-order chi connectivity index (χ0) is 15.8. The summed E-state index contributed by atoms with van der Waals surface area (Å²) in [7, 11) is 1.96. The molecule has 1 N–H and O–H groups in total. The number of aromatic nitrogens is 5. The highest BCUT2D eigenvalue weighted by molar-refractivity contribution is 5.52. The first-order valence-corrected chi connectivity index (χ1v) is 7.67. The molecule has 3 aromatic heterocycles. The van der Waals surface area contributed by atoms with E-state index >= 15 is 0 Å². The second-order valence-corrected chi connectivity index (χ2v) is 5.87. The standard InChI is InChI=1S/C16H18N6O/c1-10-12(9-19-22(10)2)13-7-18-8-14(13)16-20-15(21-23-16)11-3-5-17-6-4-11/h3-6,9,13-14,18H,7-8H2,1-2H3/t13-,14+/m0/s1. The Morgan fingerprint density at radius 2 is 2.00 bits per heavy atom. The molecule has 23 heavy (non-hydrogen) atoms. The molecular weight excluding hydrogens is 292 g/mol. The van der Waals surface area contributed by atoms with E-state index in [1.54, 1.807) is 12.4 Å². The number of aryl methyl sites for hydroxylation is 1. The van der Waals surface area contributed by atoms with Gasteiger partial charge in [0.25, 0.3) is 0 Å². The Balaban J connectivity index is 1.65. The average molecular weight is 310 g/mol. The maximum Gasteiger partial charge on any atom is 0.232 e. The number of rotatable bonds is 3. The third-order valence-electron chi connectivity index (χ3n) is 4.58. The maximum atomic E-state index is 5.55. The van der Waals surface area contributed by atoms with Crippen LogP contribution in [-0.4, -0.2) is 38.0 Å². The molecule has 7 heteroatoms. The fraction of sp³-hybridized carbons (Fsp3) is 0.375. The summed E-state index contributed by atoms with van der Waals surface area (Å²) < 4.78 is 7.46. The molecule has 3 aromatic rings. The highest BCUT2D eigenvalue weighted by Gasteiger charge is 2.35. The summed E-state index contributed by atoms with van der Waals surface area (Å²) in [5.41, 5.74) is 3.33. The van der Waals surface area contributed by atoms with Crippen molar-refractivity contribution in [2.75, 3.05) is 13.1 Å². The summed E-state index contributed by atoms with van der Waals surface area (Å²) in [6.45, 7) is 3.81. The van der Waals surface area contributed by atoms with E-state index in [-0.39, 0.29) is 5.92 Å². The van der Waals surface area contributed by atoms with Crippen LogP contribution in [0.5, 0.6) is 0 Å². The lowest BCUT2D eigenvalue weighted by Crippen LogP contribution is -2.10. The molecule has 1 aliphatic rings. The van der Waals surface area contributed by atoms with Gasteiger partial charge in [-0.15, -0.1) is 0 Å². The lowest BCUT2D eigenvalue weighted by atomic mass is 9.89. The molecule has 4 heterocycles. The van der Waals surface area contributed by atoms with E-state index < -0.39 is 0 Å². The third kappa shape index (κ3) is 2.43. The minimum absolute atomic E-state index is 0.168. The molecule has 0 amide bonds. The van der Waals surface area contributed by atoms with Crippen LogP contribution in [0.2, 0.25) is 0 Å². The fourth-order valence-electron chi connectivity index (χ4n) is 3.15. The van der Waals surface area contributed by atoms with Gasteiger partial charge in [0.05, 0.1) is 12.1 Å². The van der Waals surface area contributed by atoms with Crippen LogP contribution in [-0.2, 0) is 7.05 Å². The van der Waals surface area contributed by atoms with E-state index in [9.17, 15) is 0 Å². The molecule has 4 rings (SSSR count). The molecule has 0 aliphatic carbocycles. The molecule has 1 fully saturated rings. The molecule has 2 atom stereocenters. The first-order chi connectivity index (χ1) is 11.2. The van der Waals surface area contributed by atoms with Crippen LogP contribution < -0.4 is 5.32 Å². The van der Waals surface area contributed by atoms with Gasteiger partial charge in [-0.05, 0) is 24.6 Å². The predicted molar refractivity (Wildman–Crippen MR) is 83.8 cm³/mol. The quantitative estimate of drug-likeness (QED) is 0.792. The van der Waals surface area contributed by atoms with Crippen molar-refractivity contribution in [3.63, 3.8) is 0 Å². The number of hydrogen-bond acceptors (Lipinski definition) is 6. The summed E-state index contributed by atoms with van der Waals surface area (Å²) in [4.78, 5) is 8.62. The Morgan fingerprint density at radius 3 is 2.74 bits per heavy atom. The largest absolute Gasteiger partial charge is 0.339 e. The first kappa shape index (κ1) is 14.1. The molecule has 0 spiro atoms. The predicted octanol–water partition coefficient (Wildman–Crippen LogP) is 1.64. The van der Waals surface area contributed by atoms with Crippen molar-refractivity contribution in [3.05, 3.63) is 47.9 Å². The molecule has 0 saturated carbocycles. The highest BCUT2D eigenvalue weighted by Crippen LogP contribution is 2.36. The van der Waals surface area contributed by atoms with Crippen LogP contribution in [0.1, 0.15) is 29.0 Å². The highest BCUT2D eigenvalue weighted by atomic mass is 16.5. The monoisotopic (exact) mass is 310 g/mol. The molecule has 1 aliphatic heterocycles. The van der Waals surface area contributed by atoms with Gasteiger partial charge in [-0.25, -0.2) is 0 Å². The van der Waals surface area contributed by atoms with Crippen molar-refractivity contribution < 1.29 is 4.52 Å². The van der Waals surface area contributed by atoms with E-state index in [0.717, 1.165) is 18.7 Å². The van der Waals surface area contributed by atoms with Crippen molar-refractivity contribution >= 4 is 0 Å². The molecular formula is C16H18N6O. The van der Waals surface area contributed by atoms with Crippen molar-refractivity contribution in [2.24, 2.45) is 7.05 Å². The van der Waals surface area contributed by atoms with Crippen molar-refractivity contribution in [2.45, 2.75) is 18.8 Å². The van der Waals surface area contributed by atoms with Gasteiger partial charge in [0.1, 0.15) is 0 Å². The molecule has 0 bridgehead atoms. The van der Waals surface area contributed by atoms with Gasteiger partial charge >= 0.3 is 0 Å². The van der Waals surface area contributed by atoms with Crippen LogP contribution in [0.15, 0.2) is 35.2 Å². The van der Waals surface area contributed by atoms with Crippen LogP contribution in [0.3, 0.4) is 0 Å². The Hall–Kier alpha value is -2.54. The first-order valence-electron chi connectivity index (χ1n) is 7.67. The molecule has 0 unspecified atom stereocenters. The summed E-state index contributed by atoms with van der Waals surface area (Å²) >= 11 is 0. The van der Waals surface area contributed by atoms with Crippen LogP contribution in [0.4, 0.5) is 0 Å². The maximum absolute atomic E-state index is 5.55. The second kappa shape index (κ2) is 5.58. The Labute approximate surface area is 133 Å². The molecule has 1 saturated heterocycles. The minimum atomic E-state index is 0.168. The summed E-state index contributed by atoms with van der Waals surface area (Å²) in [5.74, 6) is 1.75. The number of hydrogen-bond donors (Lipinski definition) is 1. The Morgan fingerprint density at radius 1 is 1.22 bits per heavy atom. The minimum Gasteiger partial charge on any atom is -0.339 e. The SMILES string of the molecule is Cc1c([C@@H]2CNC[C@H]2c2nc(-c3ccncc3)no2)cnn1C. The lowest BCUT2D eigenvalue weighted by Gasteiger charge is -2.14.